The molecule has 0 aromatic heterocycles. The summed E-state index contributed by atoms with van der Waals surface area (Å²) in [7, 11) is 0. The summed E-state index contributed by atoms with van der Waals surface area (Å²) >= 11 is 0. The molecule has 14 heavy (non-hydrogen) atoms. The fourth-order valence-corrected chi connectivity index (χ4v) is 0.971. The van der Waals surface area contributed by atoms with Crippen LogP contribution >= 0.6 is 0 Å². The molecular weight excluding hydrogens is 180 g/mol. The van der Waals surface area contributed by atoms with E-state index < -0.39 is 0 Å². The third kappa shape index (κ3) is 4.74. The zero-order chi connectivity index (χ0) is 10.1. The standard InChI is InChI=1S/C7H6O.C4H8O2/c8-6-7-4-2-1-3-5-7;1-2-6-4-3-5-1/h1-6H;1-4H2. The number of aldehydes is 1. The summed E-state index contributed by atoms with van der Waals surface area (Å²) in [5, 5.41) is 0. The summed E-state index contributed by atoms with van der Waals surface area (Å²) in [6, 6.07) is 9.10. The molecule has 1 aliphatic rings. The molecule has 1 fully saturated rings. The van der Waals surface area contributed by atoms with Gasteiger partial charge in [0.25, 0.3) is 0 Å². The topological polar surface area (TPSA) is 35.5 Å². The van der Waals surface area contributed by atoms with E-state index in [1.807, 2.05) is 18.2 Å². The van der Waals surface area contributed by atoms with E-state index in [-0.39, 0.29) is 0 Å². The van der Waals surface area contributed by atoms with Crippen LogP contribution in [0.2, 0.25) is 0 Å². The van der Waals surface area contributed by atoms with E-state index in [1.165, 1.54) is 0 Å². The molecule has 0 atom stereocenters. The van der Waals surface area contributed by atoms with Crippen molar-refractivity contribution >= 4 is 6.29 Å². The van der Waals surface area contributed by atoms with Gasteiger partial charge in [0.05, 0.1) is 26.4 Å². The van der Waals surface area contributed by atoms with E-state index in [0.717, 1.165) is 38.3 Å². The van der Waals surface area contributed by atoms with Crippen LogP contribution in [0.5, 0.6) is 0 Å². The quantitative estimate of drug-likeness (QED) is 0.636. The van der Waals surface area contributed by atoms with E-state index in [0.29, 0.717) is 0 Å². The zero-order valence-corrected chi connectivity index (χ0v) is 8.02. The van der Waals surface area contributed by atoms with Gasteiger partial charge in [-0.1, -0.05) is 30.3 Å². The van der Waals surface area contributed by atoms with Gasteiger partial charge in [-0.05, 0) is 0 Å². The number of carbonyl (C=O) groups excluding carboxylic acids is 1. The van der Waals surface area contributed by atoms with Crippen LogP contribution in [0.1, 0.15) is 10.4 Å². The van der Waals surface area contributed by atoms with Gasteiger partial charge in [-0.25, -0.2) is 0 Å². The Balaban J connectivity index is 0.000000146. The molecule has 0 radical (unpaired) electrons. The predicted molar refractivity (Wildman–Crippen MR) is 53.5 cm³/mol. The molecular formula is C11H14O3. The Bertz CT molecular complexity index is 230. The van der Waals surface area contributed by atoms with Gasteiger partial charge >= 0.3 is 0 Å². The predicted octanol–water partition coefficient (Wildman–Crippen LogP) is 1.53. The molecule has 1 heterocycles. The van der Waals surface area contributed by atoms with Gasteiger partial charge in [0.2, 0.25) is 0 Å². The second kappa shape index (κ2) is 7.24. The third-order valence-corrected chi connectivity index (χ3v) is 1.68. The molecule has 0 unspecified atom stereocenters. The summed E-state index contributed by atoms with van der Waals surface area (Å²) in [6.45, 7) is 3.11. The number of rotatable bonds is 1. The highest BCUT2D eigenvalue weighted by atomic mass is 16.6. The molecule has 1 aromatic carbocycles. The average molecular weight is 194 g/mol. The summed E-state index contributed by atoms with van der Waals surface area (Å²) in [6.07, 6.45) is 0.833. The second-order valence-electron chi connectivity index (χ2n) is 2.75. The second-order valence-corrected chi connectivity index (χ2v) is 2.75. The van der Waals surface area contributed by atoms with Gasteiger partial charge in [0, 0.05) is 5.56 Å². The van der Waals surface area contributed by atoms with Gasteiger partial charge < -0.3 is 9.47 Å². The Hall–Kier alpha value is -1.19. The van der Waals surface area contributed by atoms with Gasteiger partial charge in [0.15, 0.2) is 0 Å². The number of benzene rings is 1. The van der Waals surface area contributed by atoms with Crippen molar-refractivity contribution in [1.29, 1.82) is 0 Å². The lowest BCUT2D eigenvalue weighted by Crippen LogP contribution is -2.16. The van der Waals surface area contributed by atoms with Crippen molar-refractivity contribution in [3.8, 4) is 0 Å². The fraction of sp³-hybridized carbons (Fsp3) is 0.364. The molecule has 76 valence electrons. The Morgan fingerprint density at radius 1 is 0.929 bits per heavy atom. The van der Waals surface area contributed by atoms with Crippen molar-refractivity contribution in [1.82, 2.24) is 0 Å². The first-order chi connectivity index (χ1) is 6.93. The van der Waals surface area contributed by atoms with Gasteiger partial charge in [-0.2, -0.15) is 0 Å². The Morgan fingerprint density at radius 3 is 1.71 bits per heavy atom. The fourth-order valence-electron chi connectivity index (χ4n) is 0.971. The van der Waals surface area contributed by atoms with E-state index in [9.17, 15) is 4.79 Å². The zero-order valence-electron chi connectivity index (χ0n) is 8.02. The Kier molecular flexibility index (Phi) is 5.63. The van der Waals surface area contributed by atoms with Crippen LogP contribution in [0.3, 0.4) is 0 Å². The van der Waals surface area contributed by atoms with Crippen molar-refractivity contribution in [2.75, 3.05) is 26.4 Å². The van der Waals surface area contributed by atoms with Crippen molar-refractivity contribution < 1.29 is 14.3 Å². The first kappa shape index (κ1) is 10.9. The van der Waals surface area contributed by atoms with E-state index in [2.05, 4.69) is 0 Å². The van der Waals surface area contributed by atoms with Crippen LogP contribution in [0.15, 0.2) is 30.3 Å². The molecule has 3 nitrogen and oxygen atoms in total. The van der Waals surface area contributed by atoms with Crippen LogP contribution in [-0.2, 0) is 9.47 Å². The maximum absolute atomic E-state index is 10.0. The minimum absolute atomic E-state index is 0.729. The summed E-state index contributed by atoms with van der Waals surface area (Å²) in [4.78, 5) is 10.0. The third-order valence-electron chi connectivity index (χ3n) is 1.68. The Labute approximate surface area is 83.6 Å². The van der Waals surface area contributed by atoms with Crippen molar-refractivity contribution in [2.45, 2.75) is 0 Å². The van der Waals surface area contributed by atoms with Crippen LogP contribution in [0.4, 0.5) is 0 Å². The molecule has 0 saturated carbocycles. The van der Waals surface area contributed by atoms with Gasteiger partial charge in [0.1, 0.15) is 6.29 Å². The molecule has 0 N–H and O–H groups in total. The first-order valence-corrected chi connectivity index (χ1v) is 4.59. The molecule has 1 aromatic rings. The minimum atomic E-state index is 0.729. The smallest absolute Gasteiger partial charge is 0.150 e. The minimum Gasteiger partial charge on any atom is -0.377 e. The molecule has 3 heteroatoms. The maximum Gasteiger partial charge on any atom is 0.150 e. The Morgan fingerprint density at radius 2 is 1.43 bits per heavy atom. The summed E-state index contributed by atoms with van der Waals surface area (Å²) in [5.74, 6) is 0. The molecule has 1 aliphatic heterocycles. The van der Waals surface area contributed by atoms with E-state index in [4.69, 9.17) is 9.47 Å². The van der Waals surface area contributed by atoms with E-state index >= 15 is 0 Å². The highest BCUT2D eigenvalue weighted by molar-refractivity contribution is 5.74. The number of hydrogen-bond donors (Lipinski definition) is 0. The molecule has 0 aliphatic carbocycles. The van der Waals surface area contributed by atoms with Gasteiger partial charge in [-0.3, -0.25) is 4.79 Å². The monoisotopic (exact) mass is 194 g/mol. The molecule has 0 bridgehead atoms. The number of carbonyl (C=O) groups is 1. The maximum atomic E-state index is 10.0. The molecule has 1 saturated heterocycles. The van der Waals surface area contributed by atoms with E-state index in [1.54, 1.807) is 12.1 Å². The average Bonchev–Trinajstić information content (AvgIpc) is 2.33. The van der Waals surface area contributed by atoms with Crippen molar-refractivity contribution in [3.05, 3.63) is 35.9 Å². The van der Waals surface area contributed by atoms with Crippen molar-refractivity contribution in [2.24, 2.45) is 0 Å². The normalized spacial score (nSPS) is 15.1. The SMILES string of the molecule is C1COCCO1.O=Cc1ccccc1. The van der Waals surface area contributed by atoms with Crippen LogP contribution < -0.4 is 0 Å². The number of hydrogen-bond acceptors (Lipinski definition) is 3. The number of ether oxygens (including phenoxy) is 2. The molecule has 0 spiro atoms. The van der Waals surface area contributed by atoms with Crippen LogP contribution in [0.25, 0.3) is 0 Å². The molecule has 2 rings (SSSR count). The largest absolute Gasteiger partial charge is 0.377 e. The molecule has 0 amide bonds. The lowest BCUT2D eigenvalue weighted by Gasteiger charge is -2.09. The highest BCUT2D eigenvalue weighted by Gasteiger charge is 1.94. The van der Waals surface area contributed by atoms with Gasteiger partial charge in [-0.15, -0.1) is 0 Å². The lowest BCUT2D eigenvalue weighted by molar-refractivity contribution is -0.0334. The summed E-state index contributed by atoms with van der Waals surface area (Å²) in [5.41, 5.74) is 0.729. The van der Waals surface area contributed by atoms with Crippen LogP contribution in [-0.4, -0.2) is 32.7 Å². The van der Waals surface area contributed by atoms with Crippen molar-refractivity contribution in [3.63, 3.8) is 0 Å². The highest BCUT2D eigenvalue weighted by Crippen LogP contribution is 1.91. The first-order valence-electron chi connectivity index (χ1n) is 4.59. The van der Waals surface area contributed by atoms with Crippen LogP contribution in [0, 0.1) is 0 Å². The summed E-state index contributed by atoms with van der Waals surface area (Å²) < 4.78 is 9.89. The lowest BCUT2D eigenvalue weighted by atomic mass is 10.2.